The molecule has 0 aromatic carbocycles. The van der Waals surface area contributed by atoms with E-state index in [9.17, 15) is 9.59 Å². The largest absolute Gasteiger partial charge is 0.478 e. The van der Waals surface area contributed by atoms with Crippen molar-refractivity contribution in [3.63, 3.8) is 0 Å². The van der Waals surface area contributed by atoms with Gasteiger partial charge in [0.1, 0.15) is 6.10 Å². The van der Waals surface area contributed by atoms with Crippen LogP contribution < -0.4 is 5.32 Å². The fourth-order valence-corrected chi connectivity index (χ4v) is 2.90. The maximum atomic E-state index is 11.1. The first kappa shape index (κ1) is 14.5. The maximum Gasteiger partial charge on any atom is 0.328 e. The molecule has 2 N–H and O–H groups in total. The van der Waals surface area contributed by atoms with Gasteiger partial charge in [-0.05, 0) is 48.5 Å². The van der Waals surface area contributed by atoms with Crippen molar-refractivity contribution >= 4 is 11.9 Å². The number of carbonyl (C=O) groups is 2. The molecule has 1 atom stereocenters. The second-order valence-corrected chi connectivity index (χ2v) is 5.07. The zero-order valence-corrected chi connectivity index (χ0v) is 11.7. The third kappa shape index (κ3) is 3.17. The van der Waals surface area contributed by atoms with Gasteiger partial charge in [0.15, 0.2) is 0 Å². The Balaban J connectivity index is 2.28. The van der Waals surface area contributed by atoms with Crippen molar-refractivity contribution < 1.29 is 19.4 Å². The number of amides is 1. The molecule has 1 amide bonds. The van der Waals surface area contributed by atoms with Crippen LogP contribution in [0.3, 0.4) is 0 Å². The number of carboxylic acid groups (broad SMARTS) is 1. The Bertz CT molecular complexity index is 528. The van der Waals surface area contributed by atoms with Gasteiger partial charge in [-0.15, -0.1) is 0 Å². The first-order valence-electron chi connectivity index (χ1n) is 6.67. The Kier molecular flexibility index (Phi) is 4.39. The van der Waals surface area contributed by atoms with Gasteiger partial charge in [0.05, 0.1) is 0 Å². The molecule has 2 aliphatic rings. The molecule has 0 saturated carbocycles. The zero-order valence-electron chi connectivity index (χ0n) is 11.7. The number of ether oxygens (including phenoxy) is 1. The normalized spacial score (nSPS) is 24.2. The van der Waals surface area contributed by atoms with Gasteiger partial charge in [0.2, 0.25) is 5.91 Å². The predicted octanol–water partition coefficient (Wildman–Crippen LogP) is 1.92. The van der Waals surface area contributed by atoms with E-state index >= 15 is 0 Å². The van der Waals surface area contributed by atoms with Crippen molar-refractivity contribution in [1.82, 2.24) is 5.32 Å². The Hall–Kier alpha value is -1.88. The monoisotopic (exact) mass is 277 g/mol. The van der Waals surface area contributed by atoms with Gasteiger partial charge < -0.3 is 15.2 Å². The van der Waals surface area contributed by atoms with Crippen LogP contribution in [-0.4, -0.2) is 30.2 Å². The molecule has 0 saturated heterocycles. The van der Waals surface area contributed by atoms with Gasteiger partial charge in [-0.3, -0.25) is 4.79 Å². The van der Waals surface area contributed by atoms with Gasteiger partial charge in [0, 0.05) is 25.8 Å². The Morgan fingerprint density at radius 2 is 2.10 bits per heavy atom. The summed E-state index contributed by atoms with van der Waals surface area (Å²) in [5.74, 6) is -0.998. The van der Waals surface area contributed by atoms with Gasteiger partial charge in [-0.25, -0.2) is 4.79 Å². The van der Waals surface area contributed by atoms with Crippen LogP contribution in [-0.2, 0) is 14.3 Å². The number of hydrogen-bond acceptors (Lipinski definition) is 3. The number of rotatable bonds is 3. The summed E-state index contributed by atoms with van der Waals surface area (Å²) in [5.41, 5.74) is 4.04. The van der Waals surface area contributed by atoms with Crippen molar-refractivity contribution in [2.24, 2.45) is 0 Å². The molecule has 0 radical (unpaired) electrons. The van der Waals surface area contributed by atoms with Gasteiger partial charge >= 0.3 is 5.97 Å². The number of allylic oxidation sites excluding steroid dienone is 3. The predicted molar refractivity (Wildman–Crippen MR) is 73.9 cm³/mol. The summed E-state index contributed by atoms with van der Waals surface area (Å²) in [6.07, 6.45) is 6.01. The molecule has 0 bridgehead atoms. The number of nitrogens with one attached hydrogen (secondary N) is 1. The lowest BCUT2D eigenvalue weighted by Gasteiger charge is -2.32. The lowest BCUT2D eigenvalue weighted by Crippen LogP contribution is -2.28. The van der Waals surface area contributed by atoms with Crippen molar-refractivity contribution in [3.05, 3.63) is 34.6 Å². The van der Waals surface area contributed by atoms with Crippen LogP contribution >= 0.6 is 0 Å². The van der Waals surface area contributed by atoms with Crippen LogP contribution in [0.2, 0.25) is 0 Å². The minimum atomic E-state index is -0.934. The highest BCUT2D eigenvalue weighted by molar-refractivity contribution is 5.81. The number of hydrogen-bond donors (Lipinski definition) is 2. The molecule has 0 spiro atoms. The van der Waals surface area contributed by atoms with E-state index in [1.54, 1.807) is 7.11 Å². The van der Waals surface area contributed by atoms with Crippen molar-refractivity contribution in [2.75, 3.05) is 7.11 Å². The molecular formula is C15H19NO4. The number of carbonyl (C=O) groups excluding carboxylic acids is 1. The molecule has 0 aromatic rings. The van der Waals surface area contributed by atoms with Crippen LogP contribution in [0.25, 0.3) is 0 Å². The van der Waals surface area contributed by atoms with E-state index in [0.717, 1.165) is 41.7 Å². The third-order valence-electron chi connectivity index (χ3n) is 3.64. The maximum absolute atomic E-state index is 11.1. The van der Waals surface area contributed by atoms with E-state index in [1.807, 2.05) is 6.08 Å². The van der Waals surface area contributed by atoms with Crippen LogP contribution in [0.1, 0.15) is 32.6 Å². The lowest BCUT2D eigenvalue weighted by atomic mass is 9.80. The third-order valence-corrected chi connectivity index (χ3v) is 3.64. The summed E-state index contributed by atoms with van der Waals surface area (Å²) in [5, 5.41) is 11.7. The Labute approximate surface area is 118 Å². The molecule has 5 nitrogen and oxygen atoms in total. The summed E-state index contributed by atoms with van der Waals surface area (Å²) in [6, 6.07) is 0. The zero-order chi connectivity index (χ0) is 14.7. The fourth-order valence-electron chi connectivity index (χ4n) is 2.90. The van der Waals surface area contributed by atoms with E-state index < -0.39 is 5.97 Å². The first-order chi connectivity index (χ1) is 9.51. The van der Waals surface area contributed by atoms with Crippen molar-refractivity contribution in [3.8, 4) is 0 Å². The number of aliphatic carboxylic acids is 1. The molecule has 108 valence electrons. The molecule has 0 aromatic heterocycles. The van der Waals surface area contributed by atoms with E-state index in [1.165, 1.54) is 13.0 Å². The van der Waals surface area contributed by atoms with Crippen LogP contribution in [0.15, 0.2) is 34.6 Å². The lowest BCUT2D eigenvalue weighted by molar-refractivity contribution is -0.131. The Morgan fingerprint density at radius 1 is 1.35 bits per heavy atom. The summed E-state index contributed by atoms with van der Waals surface area (Å²) < 4.78 is 5.48. The quantitative estimate of drug-likeness (QED) is 0.773. The molecular weight excluding hydrogens is 258 g/mol. The van der Waals surface area contributed by atoms with E-state index in [-0.39, 0.29) is 12.0 Å². The highest BCUT2D eigenvalue weighted by Crippen LogP contribution is 2.38. The molecule has 0 fully saturated rings. The van der Waals surface area contributed by atoms with E-state index in [0.29, 0.717) is 6.42 Å². The first-order valence-corrected chi connectivity index (χ1v) is 6.67. The molecule has 2 rings (SSSR count). The average molecular weight is 277 g/mol. The highest BCUT2D eigenvalue weighted by atomic mass is 16.5. The molecule has 2 aliphatic carbocycles. The fraction of sp³-hybridized carbons (Fsp3) is 0.467. The SMILES string of the molecule is COC1C2=C(C=C(NC(C)=O)CC2)CC/C1=C\C(=O)O. The standard InChI is InChI=1S/C15H19NO4/c1-9(17)16-12-5-6-13-10(7-12)3-4-11(8-14(18)19)15(13)20-2/h7-8,15H,3-6H2,1-2H3,(H,16,17)(H,18,19)/b11-8+. The number of carboxylic acids is 1. The van der Waals surface area contributed by atoms with Gasteiger partial charge in [-0.1, -0.05) is 0 Å². The van der Waals surface area contributed by atoms with Crippen LogP contribution in [0.5, 0.6) is 0 Å². The topological polar surface area (TPSA) is 75.6 Å². The smallest absolute Gasteiger partial charge is 0.328 e. The van der Waals surface area contributed by atoms with Crippen molar-refractivity contribution in [1.29, 1.82) is 0 Å². The molecule has 20 heavy (non-hydrogen) atoms. The minimum absolute atomic E-state index is 0.0640. The summed E-state index contributed by atoms with van der Waals surface area (Å²) >= 11 is 0. The molecule has 0 heterocycles. The second kappa shape index (κ2) is 6.05. The van der Waals surface area contributed by atoms with E-state index in [4.69, 9.17) is 9.84 Å². The van der Waals surface area contributed by atoms with E-state index in [2.05, 4.69) is 5.32 Å². The van der Waals surface area contributed by atoms with Gasteiger partial charge in [-0.2, -0.15) is 0 Å². The summed E-state index contributed by atoms with van der Waals surface area (Å²) in [7, 11) is 1.60. The Morgan fingerprint density at radius 3 is 2.70 bits per heavy atom. The van der Waals surface area contributed by atoms with Crippen LogP contribution in [0, 0.1) is 0 Å². The second-order valence-electron chi connectivity index (χ2n) is 5.07. The van der Waals surface area contributed by atoms with Gasteiger partial charge in [0.25, 0.3) is 0 Å². The minimum Gasteiger partial charge on any atom is -0.478 e. The summed E-state index contributed by atoms with van der Waals surface area (Å²) in [6.45, 7) is 1.50. The highest BCUT2D eigenvalue weighted by Gasteiger charge is 2.29. The number of methoxy groups -OCH3 is 1. The molecule has 1 unspecified atom stereocenters. The molecule has 5 heteroatoms. The average Bonchev–Trinajstić information content (AvgIpc) is 2.37. The van der Waals surface area contributed by atoms with Crippen LogP contribution in [0.4, 0.5) is 0 Å². The summed E-state index contributed by atoms with van der Waals surface area (Å²) in [4.78, 5) is 22.0. The van der Waals surface area contributed by atoms with Crippen molar-refractivity contribution in [2.45, 2.75) is 38.7 Å². The molecule has 0 aliphatic heterocycles.